The molecule has 4 aliphatic rings. The van der Waals surface area contributed by atoms with Crippen molar-refractivity contribution in [2.45, 2.75) is 89.0 Å². The van der Waals surface area contributed by atoms with Crippen LogP contribution < -0.4 is 5.32 Å². The first-order chi connectivity index (χ1) is 20.4. The summed E-state index contributed by atoms with van der Waals surface area (Å²) in [5, 5.41) is 12.7. The summed E-state index contributed by atoms with van der Waals surface area (Å²) in [5.74, 6) is -0.894. The lowest BCUT2D eigenvalue weighted by atomic mass is 9.48. The Balaban J connectivity index is 1.33. The van der Waals surface area contributed by atoms with E-state index in [1.54, 1.807) is 30.3 Å². The molecule has 1 aromatic carbocycles. The number of fused-ring (bicyclic) bond motifs is 5. The van der Waals surface area contributed by atoms with Crippen LogP contribution in [-0.2, 0) is 25.5 Å². The first-order valence-corrected chi connectivity index (χ1v) is 16.3. The Morgan fingerprint density at radius 1 is 1.05 bits per heavy atom. The molecule has 4 aliphatic carbocycles. The van der Waals surface area contributed by atoms with Crippen molar-refractivity contribution < 1.29 is 48.8 Å². The highest BCUT2D eigenvalue weighted by Gasteiger charge is 2.60. The molecule has 0 spiro atoms. The lowest BCUT2D eigenvalue weighted by Gasteiger charge is -2.56. The molecule has 13 heteroatoms. The van der Waals surface area contributed by atoms with Crippen LogP contribution in [0.5, 0.6) is 0 Å². The lowest BCUT2D eigenvalue weighted by molar-refractivity contribution is -0.212. The van der Waals surface area contributed by atoms with E-state index in [0.717, 1.165) is 5.57 Å². The molecular formula is C31H37F6NO5S. The van der Waals surface area contributed by atoms with Crippen molar-refractivity contribution >= 4 is 16.0 Å². The molecule has 2 saturated carbocycles. The largest absolute Gasteiger partial charge is 0.534 e. The van der Waals surface area contributed by atoms with Crippen molar-refractivity contribution in [1.82, 2.24) is 5.32 Å². The summed E-state index contributed by atoms with van der Waals surface area (Å²) in [5.41, 5.74) is -5.12. The van der Waals surface area contributed by atoms with E-state index in [-0.39, 0.29) is 36.4 Å². The minimum atomic E-state index is -5.76. The van der Waals surface area contributed by atoms with Gasteiger partial charge in [-0.3, -0.25) is 4.79 Å². The number of hydrogen-bond acceptors (Lipinski definition) is 5. The first-order valence-electron chi connectivity index (χ1n) is 14.9. The number of halogens is 6. The van der Waals surface area contributed by atoms with Crippen molar-refractivity contribution in [3.8, 4) is 0 Å². The standard InChI is InChI=1S/C31H37F6NO5S/c1-28-14-12-20(43-44(41,42)31(35,36)37)17-19(28)8-9-21-22-10-11-24(29(22,2)15-13-23(21)28)27(40)38-25(26(39)30(32,33)34)16-18-6-4-3-5-7-18/h3-8,17,21-26,39H,9-16H2,1-2H3,(H,38,40)/t21-,22-,23-,24+,25?,26?,28-,29-/m0/s1. The second kappa shape index (κ2) is 11.4. The second-order valence-electron chi connectivity index (χ2n) is 13.2. The van der Waals surface area contributed by atoms with Gasteiger partial charge in [0.25, 0.3) is 0 Å². The SMILES string of the molecule is C[C@]12CC[C@H]3[C@@H](CC=C4C=C(OS(=O)(=O)C(F)(F)F)CC[C@@]43C)[C@@H]1CC[C@@H]2C(=O)NC(Cc1ccccc1)C(O)C(F)(F)F. The van der Waals surface area contributed by atoms with Gasteiger partial charge >= 0.3 is 21.8 Å². The maximum absolute atomic E-state index is 13.7. The van der Waals surface area contributed by atoms with E-state index in [1.807, 2.05) is 19.9 Å². The molecule has 0 aliphatic heterocycles. The average molecular weight is 650 g/mol. The van der Waals surface area contributed by atoms with E-state index in [2.05, 4.69) is 9.50 Å². The average Bonchev–Trinajstić information content (AvgIpc) is 3.29. The summed E-state index contributed by atoms with van der Waals surface area (Å²) < 4.78 is 107. The number of aliphatic hydroxyl groups excluding tert-OH is 1. The lowest BCUT2D eigenvalue weighted by Crippen LogP contribution is -2.55. The van der Waals surface area contributed by atoms with E-state index in [0.29, 0.717) is 44.1 Å². The Labute approximate surface area is 253 Å². The molecule has 6 nitrogen and oxygen atoms in total. The summed E-state index contributed by atoms with van der Waals surface area (Å²) in [6.45, 7) is 4.06. The topological polar surface area (TPSA) is 92.7 Å². The summed E-state index contributed by atoms with van der Waals surface area (Å²) in [4.78, 5) is 13.7. The smallest absolute Gasteiger partial charge is 0.382 e. The minimum Gasteiger partial charge on any atom is -0.382 e. The van der Waals surface area contributed by atoms with Gasteiger partial charge in [-0.25, -0.2) is 0 Å². The Morgan fingerprint density at radius 2 is 1.73 bits per heavy atom. The van der Waals surface area contributed by atoms with Gasteiger partial charge in [0.1, 0.15) is 5.76 Å². The molecule has 2 unspecified atom stereocenters. The zero-order valence-corrected chi connectivity index (χ0v) is 25.2. The van der Waals surface area contributed by atoms with Gasteiger partial charge in [-0.2, -0.15) is 34.8 Å². The molecule has 8 atom stereocenters. The van der Waals surface area contributed by atoms with E-state index in [9.17, 15) is 44.7 Å². The maximum atomic E-state index is 13.7. The third-order valence-electron chi connectivity index (χ3n) is 10.9. The van der Waals surface area contributed by atoms with Crippen LogP contribution in [0.15, 0.2) is 53.8 Å². The van der Waals surface area contributed by atoms with Gasteiger partial charge < -0.3 is 14.6 Å². The highest BCUT2D eigenvalue weighted by molar-refractivity contribution is 7.87. The van der Waals surface area contributed by atoms with Crippen LogP contribution in [0.4, 0.5) is 26.3 Å². The van der Waals surface area contributed by atoms with Crippen LogP contribution in [0.1, 0.15) is 64.4 Å². The van der Waals surface area contributed by atoms with E-state index in [4.69, 9.17) is 0 Å². The number of aliphatic hydroxyl groups is 1. The number of allylic oxidation sites excluding steroid dienone is 4. The van der Waals surface area contributed by atoms with Gasteiger partial charge in [0.05, 0.1) is 6.04 Å². The highest BCUT2D eigenvalue weighted by atomic mass is 32.2. The normalized spacial score (nSPS) is 33.6. The van der Waals surface area contributed by atoms with Crippen LogP contribution >= 0.6 is 0 Å². The monoisotopic (exact) mass is 649 g/mol. The molecule has 5 rings (SSSR count). The Bertz CT molecular complexity index is 1420. The molecule has 1 amide bonds. The zero-order chi connectivity index (χ0) is 32.3. The van der Waals surface area contributed by atoms with Crippen LogP contribution in [-0.4, -0.2) is 43.3 Å². The number of amides is 1. The maximum Gasteiger partial charge on any atom is 0.534 e. The molecular weight excluding hydrogens is 612 g/mol. The predicted molar refractivity (Wildman–Crippen MR) is 149 cm³/mol. The number of nitrogens with one attached hydrogen (secondary N) is 1. The minimum absolute atomic E-state index is 0.0314. The fourth-order valence-electron chi connectivity index (χ4n) is 8.61. The van der Waals surface area contributed by atoms with Gasteiger partial charge in [0, 0.05) is 12.3 Å². The van der Waals surface area contributed by atoms with Gasteiger partial charge in [0.15, 0.2) is 6.10 Å². The molecule has 1 aromatic rings. The highest BCUT2D eigenvalue weighted by Crippen LogP contribution is 2.66. The fourth-order valence-corrected chi connectivity index (χ4v) is 9.11. The summed E-state index contributed by atoms with van der Waals surface area (Å²) in [6, 6.07) is 6.83. The quantitative estimate of drug-likeness (QED) is 0.198. The van der Waals surface area contributed by atoms with Gasteiger partial charge in [-0.15, -0.1) is 0 Å². The third-order valence-corrected chi connectivity index (χ3v) is 11.9. The number of rotatable bonds is 7. The van der Waals surface area contributed by atoms with Crippen LogP contribution in [0.25, 0.3) is 0 Å². The molecule has 0 aromatic heterocycles. The third kappa shape index (κ3) is 5.90. The van der Waals surface area contributed by atoms with Crippen LogP contribution in [0.3, 0.4) is 0 Å². The number of benzene rings is 1. The Hall–Kier alpha value is -2.54. The summed E-state index contributed by atoms with van der Waals surface area (Å²) in [7, 11) is -5.76. The van der Waals surface area contributed by atoms with Crippen molar-refractivity contribution in [3.05, 3.63) is 59.4 Å². The summed E-state index contributed by atoms with van der Waals surface area (Å²) >= 11 is 0. The van der Waals surface area contributed by atoms with Gasteiger partial charge in [0.2, 0.25) is 5.91 Å². The zero-order valence-electron chi connectivity index (χ0n) is 24.4. The van der Waals surface area contributed by atoms with Crippen LogP contribution in [0, 0.1) is 34.5 Å². The second-order valence-corrected chi connectivity index (χ2v) is 14.8. The van der Waals surface area contributed by atoms with E-state index in [1.165, 1.54) is 6.08 Å². The van der Waals surface area contributed by atoms with Gasteiger partial charge in [-0.1, -0.05) is 50.3 Å². The van der Waals surface area contributed by atoms with Crippen LogP contribution in [0.2, 0.25) is 0 Å². The van der Waals surface area contributed by atoms with E-state index >= 15 is 0 Å². The van der Waals surface area contributed by atoms with Crippen molar-refractivity contribution in [2.75, 3.05) is 0 Å². The molecule has 0 heterocycles. The number of carbonyl (C=O) groups excluding carboxylic acids is 1. The molecule has 2 fully saturated rings. The molecule has 244 valence electrons. The molecule has 2 N–H and O–H groups in total. The first kappa shape index (κ1) is 32.8. The van der Waals surface area contributed by atoms with Crippen molar-refractivity contribution in [2.24, 2.45) is 34.5 Å². The molecule has 44 heavy (non-hydrogen) atoms. The molecule has 0 radical (unpaired) electrons. The molecule has 0 saturated heterocycles. The van der Waals surface area contributed by atoms with Crippen molar-refractivity contribution in [1.29, 1.82) is 0 Å². The predicted octanol–water partition coefficient (Wildman–Crippen LogP) is 6.58. The van der Waals surface area contributed by atoms with E-state index < -0.39 is 56.6 Å². The summed E-state index contributed by atoms with van der Waals surface area (Å²) in [6.07, 6.45) is -0.904. The Morgan fingerprint density at radius 3 is 2.36 bits per heavy atom. The number of carbonyl (C=O) groups is 1. The van der Waals surface area contributed by atoms with Crippen molar-refractivity contribution in [3.63, 3.8) is 0 Å². The Kier molecular flexibility index (Phi) is 8.48. The number of alkyl halides is 6. The van der Waals surface area contributed by atoms with Gasteiger partial charge in [-0.05, 0) is 90.7 Å². The molecule has 0 bridgehead atoms. The fraction of sp³-hybridized carbons (Fsp3) is 0.645. The number of hydrogen-bond donors (Lipinski definition) is 2.